The first-order valence-corrected chi connectivity index (χ1v) is 13.0. The number of carbonyl (C=O) groups is 2. The third-order valence-electron chi connectivity index (χ3n) is 6.33. The van der Waals surface area contributed by atoms with Crippen LogP contribution in [-0.4, -0.2) is 58.3 Å². The zero-order valence-corrected chi connectivity index (χ0v) is 23.3. The van der Waals surface area contributed by atoms with Gasteiger partial charge in [-0.15, -0.1) is 0 Å². The summed E-state index contributed by atoms with van der Waals surface area (Å²) in [6.07, 6.45) is 2.68. The molecule has 0 amide bonds. The minimum atomic E-state index is -1.17. The van der Waals surface area contributed by atoms with Crippen LogP contribution in [0.15, 0.2) is 53.3 Å². The Labute approximate surface area is 249 Å². The molecule has 0 bridgehead atoms. The maximum atomic E-state index is 11.8. The number of ether oxygens (including phenoxy) is 3. The average Bonchev–Trinajstić information content (AvgIpc) is 2.95. The van der Waals surface area contributed by atoms with Crippen molar-refractivity contribution in [2.24, 2.45) is 10.7 Å². The summed E-state index contributed by atoms with van der Waals surface area (Å²) < 4.78 is 15.9. The lowest BCUT2D eigenvalue weighted by atomic mass is 9.86. The number of nitrogens with two attached hydrogens (primary N) is 1. The van der Waals surface area contributed by atoms with Crippen molar-refractivity contribution in [1.82, 2.24) is 0 Å². The monoisotopic (exact) mass is 603 g/mol. The normalized spacial score (nSPS) is 18.2. The molecule has 0 saturated carbocycles. The van der Waals surface area contributed by atoms with Gasteiger partial charge in [-0.25, -0.2) is 9.79 Å². The maximum Gasteiger partial charge on any atom is 0.349 e. The minimum absolute atomic E-state index is 0. The SMILES string of the molecule is C.CC(C)(C)OC(=O)C=N/C(=C\N)C(O)C1CCOc2ccc([N+](=O)[O-])cc21.O=CC1CCOc2ccc([N+](=O)[O-])cc21.[2HH]. The first-order chi connectivity index (χ1) is 19.8. The van der Waals surface area contributed by atoms with Gasteiger partial charge in [-0.2, -0.15) is 0 Å². The number of aliphatic imine (C=N–C) groups is 1. The smallest absolute Gasteiger partial charge is 0.349 e. The molecule has 2 aromatic rings. The third kappa shape index (κ3) is 9.07. The van der Waals surface area contributed by atoms with E-state index in [4.69, 9.17) is 19.9 Å². The van der Waals surface area contributed by atoms with E-state index in [9.17, 15) is 34.9 Å². The Balaban J connectivity index is 0.000000484. The highest BCUT2D eigenvalue weighted by Gasteiger charge is 2.32. The number of nitrogens with zero attached hydrogens (tertiary/aromatic N) is 3. The van der Waals surface area contributed by atoms with Gasteiger partial charge in [0.1, 0.15) is 35.7 Å². The van der Waals surface area contributed by atoms with Crippen molar-refractivity contribution in [3.63, 3.8) is 0 Å². The van der Waals surface area contributed by atoms with Crippen LogP contribution in [0.25, 0.3) is 0 Å². The van der Waals surface area contributed by atoms with Crippen LogP contribution in [-0.2, 0) is 14.3 Å². The van der Waals surface area contributed by atoms with Crippen LogP contribution >= 0.6 is 0 Å². The number of esters is 1. The number of carbonyl (C=O) groups excluding carboxylic acids is 2. The predicted octanol–water partition coefficient (Wildman–Crippen LogP) is 4.58. The number of rotatable bonds is 7. The van der Waals surface area contributed by atoms with Crippen molar-refractivity contribution in [2.75, 3.05) is 13.2 Å². The van der Waals surface area contributed by atoms with E-state index in [-0.39, 0.29) is 31.8 Å². The number of hydrogen-bond donors (Lipinski definition) is 2. The number of fused-ring (bicyclic) bond motifs is 2. The van der Waals surface area contributed by atoms with E-state index in [0.717, 1.165) is 18.7 Å². The lowest BCUT2D eigenvalue weighted by Gasteiger charge is -2.29. The fourth-order valence-electron chi connectivity index (χ4n) is 4.39. The molecule has 2 aliphatic heterocycles. The van der Waals surface area contributed by atoms with Gasteiger partial charge in [-0.05, 0) is 45.7 Å². The molecular formula is C29H38N4O10. The minimum Gasteiger partial charge on any atom is -0.493 e. The van der Waals surface area contributed by atoms with E-state index in [0.29, 0.717) is 48.7 Å². The van der Waals surface area contributed by atoms with E-state index >= 15 is 0 Å². The zero-order chi connectivity index (χ0) is 31.0. The molecule has 234 valence electrons. The highest BCUT2D eigenvalue weighted by Crippen LogP contribution is 2.40. The molecular weight excluding hydrogens is 564 g/mol. The van der Waals surface area contributed by atoms with Gasteiger partial charge in [0.2, 0.25) is 0 Å². The maximum absolute atomic E-state index is 11.8. The summed E-state index contributed by atoms with van der Waals surface area (Å²) in [5.41, 5.74) is 5.95. The fraction of sp³-hybridized carbons (Fsp3) is 0.414. The van der Waals surface area contributed by atoms with Gasteiger partial charge < -0.3 is 29.8 Å². The van der Waals surface area contributed by atoms with Crippen molar-refractivity contribution in [3.8, 4) is 11.5 Å². The van der Waals surface area contributed by atoms with Gasteiger partial charge in [0.15, 0.2) is 0 Å². The summed E-state index contributed by atoms with van der Waals surface area (Å²) >= 11 is 0. The second-order valence-corrected chi connectivity index (χ2v) is 10.4. The molecule has 0 fully saturated rings. The van der Waals surface area contributed by atoms with Crippen LogP contribution in [0, 0.1) is 20.2 Å². The molecule has 3 unspecified atom stereocenters. The molecule has 43 heavy (non-hydrogen) atoms. The molecule has 3 atom stereocenters. The Kier molecular flexibility index (Phi) is 11.9. The molecule has 0 aliphatic carbocycles. The van der Waals surface area contributed by atoms with Crippen molar-refractivity contribution in [3.05, 3.63) is 79.7 Å². The first-order valence-electron chi connectivity index (χ1n) is 13.0. The molecule has 0 spiro atoms. The van der Waals surface area contributed by atoms with Crippen molar-refractivity contribution in [1.29, 1.82) is 0 Å². The average molecular weight is 604 g/mol. The molecule has 2 aliphatic rings. The Hall–Kier alpha value is -4.85. The Morgan fingerprint density at radius 1 is 1.07 bits per heavy atom. The van der Waals surface area contributed by atoms with Crippen LogP contribution < -0.4 is 15.2 Å². The largest absolute Gasteiger partial charge is 0.493 e. The van der Waals surface area contributed by atoms with Gasteiger partial charge in [-0.3, -0.25) is 20.2 Å². The summed E-state index contributed by atoms with van der Waals surface area (Å²) in [5.74, 6) is -0.433. The van der Waals surface area contributed by atoms with E-state index in [1.165, 1.54) is 30.3 Å². The Morgan fingerprint density at radius 2 is 1.60 bits per heavy atom. The Morgan fingerprint density at radius 3 is 2.12 bits per heavy atom. The number of aliphatic hydroxyl groups is 1. The van der Waals surface area contributed by atoms with Gasteiger partial charge >= 0.3 is 5.97 Å². The second-order valence-electron chi connectivity index (χ2n) is 10.4. The fourth-order valence-corrected chi connectivity index (χ4v) is 4.39. The van der Waals surface area contributed by atoms with Crippen molar-refractivity contribution in [2.45, 2.75) is 64.6 Å². The zero-order valence-electron chi connectivity index (χ0n) is 23.3. The lowest BCUT2D eigenvalue weighted by Crippen LogP contribution is -2.27. The van der Waals surface area contributed by atoms with E-state index < -0.39 is 33.4 Å². The van der Waals surface area contributed by atoms with Gasteiger partial charge in [-0.1, -0.05) is 7.43 Å². The van der Waals surface area contributed by atoms with Crippen LogP contribution in [0.5, 0.6) is 11.5 Å². The topological polar surface area (TPSA) is 207 Å². The number of aliphatic hydroxyl groups excluding tert-OH is 1. The quantitative estimate of drug-likeness (QED) is 0.147. The molecule has 0 radical (unpaired) electrons. The van der Waals surface area contributed by atoms with E-state index in [2.05, 4.69) is 4.99 Å². The lowest BCUT2D eigenvalue weighted by molar-refractivity contribution is -0.385. The number of hydrogen-bond acceptors (Lipinski definition) is 12. The van der Waals surface area contributed by atoms with Crippen molar-refractivity contribution < 1.29 is 40.2 Å². The molecule has 14 heteroatoms. The third-order valence-corrected chi connectivity index (χ3v) is 6.33. The number of nitro benzene ring substituents is 2. The highest BCUT2D eigenvalue weighted by atomic mass is 16.6. The summed E-state index contributed by atoms with van der Waals surface area (Å²) in [5, 5.41) is 32.3. The summed E-state index contributed by atoms with van der Waals surface area (Å²) in [7, 11) is 0. The van der Waals surface area contributed by atoms with E-state index in [1.54, 1.807) is 26.8 Å². The van der Waals surface area contributed by atoms with Crippen LogP contribution in [0.4, 0.5) is 11.4 Å². The number of non-ortho nitro benzene ring substituents is 2. The van der Waals surface area contributed by atoms with Gasteiger partial charge in [0.05, 0.1) is 28.8 Å². The standard InChI is InChI=1S/C18H23N3O6.C10H9NO4.CH4.H2/c1-18(2,3)27-16(22)10-20-14(9-19)17(23)12-6-7-26-15-5-4-11(21(24)25)8-13(12)15;12-6-7-3-4-15-10-2-1-8(11(13)14)5-9(7)10;;/h4-5,8-10,12,17,23H,6-7,19H2,1-3H3;1-2,5-7H,3-4H2;1H4;1H/b14-9-,20-10?;;;/i;;;1+1. The first kappa shape index (κ1) is 34.4. The Bertz CT molecular complexity index is 1410. The summed E-state index contributed by atoms with van der Waals surface area (Å²) in [6, 6.07) is 8.55. The van der Waals surface area contributed by atoms with Gasteiger partial charge in [0.25, 0.3) is 11.4 Å². The highest BCUT2D eigenvalue weighted by molar-refractivity contribution is 6.23. The molecule has 14 nitrogen and oxygen atoms in total. The molecule has 0 aromatic heterocycles. The second kappa shape index (κ2) is 14.9. The molecule has 2 aromatic carbocycles. The number of benzene rings is 2. The van der Waals surface area contributed by atoms with Crippen LogP contribution in [0.1, 0.15) is 65.4 Å². The molecule has 3 N–H and O–H groups in total. The van der Waals surface area contributed by atoms with Gasteiger partial charge in [0, 0.05) is 54.9 Å². The predicted molar refractivity (Wildman–Crippen MR) is 159 cm³/mol. The summed E-state index contributed by atoms with van der Waals surface area (Å²) in [4.78, 5) is 47.1. The summed E-state index contributed by atoms with van der Waals surface area (Å²) in [6.45, 7) is 5.98. The molecule has 4 rings (SSSR count). The molecule has 0 saturated heterocycles. The van der Waals surface area contributed by atoms with Crippen molar-refractivity contribution >= 4 is 29.8 Å². The van der Waals surface area contributed by atoms with Crippen LogP contribution in [0.2, 0.25) is 0 Å². The van der Waals surface area contributed by atoms with E-state index in [1.807, 2.05) is 0 Å². The van der Waals surface area contributed by atoms with Crippen LogP contribution in [0.3, 0.4) is 0 Å². The number of aldehydes is 1. The number of nitro groups is 2. The molecule has 2 heterocycles.